The molecule has 1 aromatic rings. The number of hydrogen-bond donors (Lipinski definition) is 1. The number of nitrogens with zero attached hydrogens (tertiary/aromatic N) is 1. The van der Waals surface area contributed by atoms with E-state index in [0.717, 1.165) is 12.1 Å². The summed E-state index contributed by atoms with van der Waals surface area (Å²) in [5.74, 6) is -1.44. The molecule has 7 heteroatoms. The molecule has 1 atom stereocenters. The van der Waals surface area contributed by atoms with Crippen LogP contribution in [0, 0.1) is 11.7 Å². The van der Waals surface area contributed by atoms with Crippen LogP contribution < -0.4 is 5.46 Å². The molecule has 5 nitrogen and oxygen atoms in total. The van der Waals surface area contributed by atoms with E-state index in [1.807, 2.05) is 38.7 Å². The van der Waals surface area contributed by atoms with Crippen molar-refractivity contribution in [1.82, 2.24) is 4.90 Å². The number of aliphatic carboxylic acids is 1. The fourth-order valence-electron chi connectivity index (χ4n) is 3.27. The number of carboxylic acid groups (broad SMARTS) is 1. The van der Waals surface area contributed by atoms with Gasteiger partial charge in [0, 0.05) is 18.6 Å². The number of likely N-dealkylation sites (tertiary alicyclic amines) is 1. The van der Waals surface area contributed by atoms with Gasteiger partial charge in [-0.3, -0.25) is 9.69 Å². The summed E-state index contributed by atoms with van der Waals surface area (Å²) >= 11 is 0. The summed E-state index contributed by atoms with van der Waals surface area (Å²) in [6, 6.07) is 5.06. The van der Waals surface area contributed by atoms with Gasteiger partial charge in [0.05, 0.1) is 17.1 Å². The van der Waals surface area contributed by atoms with Crippen LogP contribution in [0.25, 0.3) is 0 Å². The Hall–Kier alpha value is -1.44. The summed E-state index contributed by atoms with van der Waals surface area (Å²) < 4.78 is 26.4. The van der Waals surface area contributed by atoms with Crippen molar-refractivity contribution in [1.29, 1.82) is 0 Å². The molecule has 0 aromatic heterocycles. The van der Waals surface area contributed by atoms with Gasteiger partial charge in [-0.05, 0) is 52.3 Å². The molecule has 0 bridgehead atoms. The highest BCUT2D eigenvalue weighted by atomic mass is 19.1. The molecule has 2 saturated heterocycles. The molecule has 0 spiro atoms. The SMILES string of the molecule is CC1(C)OB(c2ccc(CN3CC[C@H](C(=O)O)C3)cc2F)OC1(C)C. The van der Waals surface area contributed by atoms with Crippen molar-refractivity contribution < 1.29 is 23.6 Å². The molecular weight excluding hydrogens is 324 g/mol. The van der Waals surface area contributed by atoms with Gasteiger partial charge in [0.2, 0.25) is 0 Å². The molecule has 25 heavy (non-hydrogen) atoms. The molecule has 3 rings (SSSR count). The summed E-state index contributed by atoms with van der Waals surface area (Å²) in [4.78, 5) is 13.1. The highest BCUT2D eigenvalue weighted by Crippen LogP contribution is 2.36. The molecular formula is C18H25BFNO4. The van der Waals surface area contributed by atoms with Gasteiger partial charge in [-0.25, -0.2) is 4.39 Å². The average Bonchev–Trinajstić information content (AvgIpc) is 3.02. The Kier molecular flexibility index (Phi) is 4.68. The molecule has 0 radical (unpaired) electrons. The third-order valence-corrected chi connectivity index (χ3v) is 5.60. The minimum atomic E-state index is -0.759. The molecule has 0 saturated carbocycles. The Bertz CT molecular complexity index is 663. The standard InChI is InChI=1S/C18H25BFNO4/c1-17(2)18(3,4)25-19(24-17)14-6-5-12(9-15(14)20)10-21-8-7-13(11-21)16(22)23/h5-6,9,13H,7-8,10-11H2,1-4H3,(H,22,23)/t13-/m0/s1. The second-order valence-corrected chi connectivity index (χ2v) is 8.00. The van der Waals surface area contributed by atoms with E-state index in [4.69, 9.17) is 14.4 Å². The fraction of sp³-hybridized carbons (Fsp3) is 0.611. The summed E-state index contributed by atoms with van der Waals surface area (Å²) in [7, 11) is -0.720. The van der Waals surface area contributed by atoms with Crippen molar-refractivity contribution in [3.05, 3.63) is 29.6 Å². The van der Waals surface area contributed by atoms with Crippen LogP contribution in [0.15, 0.2) is 18.2 Å². The highest BCUT2D eigenvalue weighted by molar-refractivity contribution is 6.62. The van der Waals surface area contributed by atoms with Gasteiger partial charge in [-0.15, -0.1) is 0 Å². The maximum atomic E-state index is 14.6. The number of benzene rings is 1. The van der Waals surface area contributed by atoms with Gasteiger partial charge in [0.1, 0.15) is 5.82 Å². The summed E-state index contributed by atoms with van der Waals surface area (Å²) in [6.07, 6.45) is 0.643. The minimum Gasteiger partial charge on any atom is -0.481 e. The van der Waals surface area contributed by atoms with Gasteiger partial charge in [-0.2, -0.15) is 0 Å². The highest BCUT2D eigenvalue weighted by Gasteiger charge is 2.52. The van der Waals surface area contributed by atoms with Crippen molar-refractivity contribution in [3.63, 3.8) is 0 Å². The zero-order valence-electron chi connectivity index (χ0n) is 15.2. The Balaban J connectivity index is 1.69. The third-order valence-electron chi connectivity index (χ3n) is 5.60. The van der Waals surface area contributed by atoms with Gasteiger partial charge < -0.3 is 14.4 Å². The molecule has 1 aromatic carbocycles. The van der Waals surface area contributed by atoms with Crippen molar-refractivity contribution in [2.75, 3.05) is 13.1 Å². The van der Waals surface area contributed by atoms with Crippen LogP contribution in [0.4, 0.5) is 4.39 Å². The molecule has 2 aliphatic heterocycles. The lowest BCUT2D eigenvalue weighted by molar-refractivity contribution is -0.141. The number of rotatable bonds is 4. The van der Waals surface area contributed by atoms with Gasteiger partial charge >= 0.3 is 13.1 Å². The van der Waals surface area contributed by atoms with Crippen molar-refractivity contribution in [2.24, 2.45) is 5.92 Å². The smallest absolute Gasteiger partial charge is 0.481 e. The lowest BCUT2D eigenvalue weighted by Crippen LogP contribution is -2.41. The van der Waals surface area contributed by atoms with Crippen LogP contribution in [0.5, 0.6) is 0 Å². The first kappa shape index (κ1) is 18.4. The van der Waals surface area contributed by atoms with E-state index < -0.39 is 24.3 Å². The quantitative estimate of drug-likeness (QED) is 0.843. The van der Waals surface area contributed by atoms with Crippen LogP contribution in [0.3, 0.4) is 0 Å². The van der Waals surface area contributed by atoms with Gasteiger partial charge in [-0.1, -0.05) is 12.1 Å². The third kappa shape index (κ3) is 3.59. The Morgan fingerprint density at radius 3 is 2.48 bits per heavy atom. The van der Waals surface area contributed by atoms with Crippen molar-refractivity contribution in [3.8, 4) is 0 Å². The molecule has 2 aliphatic rings. The van der Waals surface area contributed by atoms with Crippen LogP contribution >= 0.6 is 0 Å². The maximum Gasteiger partial charge on any atom is 0.497 e. The Labute approximate surface area is 148 Å². The summed E-state index contributed by atoms with van der Waals surface area (Å²) in [5.41, 5.74) is 0.199. The second kappa shape index (κ2) is 6.38. The topological polar surface area (TPSA) is 59.0 Å². The predicted molar refractivity (Wildman–Crippen MR) is 93.1 cm³/mol. The largest absolute Gasteiger partial charge is 0.497 e. The molecule has 136 valence electrons. The van der Waals surface area contributed by atoms with Crippen LogP contribution in [0.2, 0.25) is 0 Å². The normalized spacial score (nSPS) is 25.5. The first-order valence-corrected chi connectivity index (χ1v) is 8.68. The summed E-state index contributed by atoms with van der Waals surface area (Å²) in [6.45, 7) is 9.52. The van der Waals surface area contributed by atoms with E-state index in [0.29, 0.717) is 25.0 Å². The molecule has 2 fully saturated rings. The molecule has 0 unspecified atom stereocenters. The number of carboxylic acids is 1. The fourth-order valence-corrected chi connectivity index (χ4v) is 3.27. The van der Waals surface area contributed by atoms with E-state index in [-0.39, 0.29) is 11.7 Å². The molecule has 0 aliphatic carbocycles. The summed E-state index contributed by atoms with van der Waals surface area (Å²) in [5, 5.41) is 9.07. The lowest BCUT2D eigenvalue weighted by atomic mass is 9.78. The molecule has 0 amide bonds. The Morgan fingerprint density at radius 1 is 1.32 bits per heavy atom. The van der Waals surface area contributed by atoms with Crippen LogP contribution in [0.1, 0.15) is 39.7 Å². The Morgan fingerprint density at radius 2 is 1.96 bits per heavy atom. The van der Waals surface area contributed by atoms with Crippen molar-refractivity contribution >= 4 is 18.6 Å². The minimum absolute atomic E-state index is 0.325. The van der Waals surface area contributed by atoms with Crippen molar-refractivity contribution in [2.45, 2.75) is 51.9 Å². The van der Waals surface area contributed by atoms with E-state index >= 15 is 0 Å². The zero-order valence-corrected chi connectivity index (χ0v) is 15.2. The van der Waals surface area contributed by atoms with E-state index in [9.17, 15) is 9.18 Å². The zero-order chi connectivity index (χ0) is 18.4. The van der Waals surface area contributed by atoms with Gasteiger partial charge in [0.15, 0.2) is 0 Å². The average molecular weight is 349 g/mol. The molecule has 2 heterocycles. The predicted octanol–water partition coefficient (Wildman–Crippen LogP) is 2.03. The first-order valence-electron chi connectivity index (χ1n) is 8.68. The number of hydrogen-bond acceptors (Lipinski definition) is 4. The first-order chi connectivity index (χ1) is 11.6. The number of halogens is 1. The number of carbonyl (C=O) groups is 1. The van der Waals surface area contributed by atoms with Gasteiger partial charge in [0.25, 0.3) is 0 Å². The van der Waals surface area contributed by atoms with Crippen LogP contribution in [-0.4, -0.2) is 47.4 Å². The van der Waals surface area contributed by atoms with E-state index in [1.54, 1.807) is 6.07 Å². The molecule has 1 N–H and O–H groups in total. The van der Waals surface area contributed by atoms with E-state index in [1.165, 1.54) is 6.07 Å². The maximum absolute atomic E-state index is 14.6. The lowest BCUT2D eigenvalue weighted by Gasteiger charge is -2.32. The monoisotopic (exact) mass is 349 g/mol. The van der Waals surface area contributed by atoms with Crippen LogP contribution in [-0.2, 0) is 20.6 Å². The van der Waals surface area contributed by atoms with E-state index in [2.05, 4.69) is 0 Å². The second-order valence-electron chi connectivity index (χ2n) is 8.00.